The van der Waals surface area contributed by atoms with Crippen molar-refractivity contribution >= 4 is 11.8 Å². The van der Waals surface area contributed by atoms with Crippen molar-refractivity contribution in [1.29, 1.82) is 0 Å². The van der Waals surface area contributed by atoms with Crippen LogP contribution in [0.25, 0.3) is 0 Å². The Labute approximate surface area is 118 Å². The average molecular weight is 296 g/mol. The number of anilines is 1. The van der Waals surface area contributed by atoms with E-state index in [9.17, 15) is 18.0 Å². The van der Waals surface area contributed by atoms with Gasteiger partial charge in [0.15, 0.2) is 23.5 Å². The minimum absolute atomic E-state index is 0.351. The molecule has 0 radical (unpaired) electrons. The minimum Gasteiger partial charge on any atom is -0.467 e. The number of aromatic nitrogens is 1. The molecule has 110 valence electrons. The van der Waals surface area contributed by atoms with Crippen LogP contribution in [0.5, 0.6) is 0 Å². The van der Waals surface area contributed by atoms with Crippen LogP contribution < -0.4 is 5.32 Å². The molecule has 0 fully saturated rings. The number of methoxy groups -OCH3 is 1. The SMILES string of the molecule is COC(=O)C(Nc1nc(F)c(F)cc1F)c1ccccc1. The van der Waals surface area contributed by atoms with Crippen LogP contribution >= 0.6 is 0 Å². The summed E-state index contributed by atoms with van der Waals surface area (Å²) in [5.41, 5.74) is 0.468. The summed E-state index contributed by atoms with van der Waals surface area (Å²) in [6, 6.07) is 7.53. The molecule has 4 nitrogen and oxygen atoms in total. The Morgan fingerprint density at radius 2 is 1.86 bits per heavy atom. The second-order valence-electron chi connectivity index (χ2n) is 4.10. The van der Waals surface area contributed by atoms with Crippen molar-refractivity contribution in [3.63, 3.8) is 0 Å². The lowest BCUT2D eigenvalue weighted by atomic mass is 10.1. The Hall–Kier alpha value is -2.57. The molecule has 1 aromatic carbocycles. The van der Waals surface area contributed by atoms with Crippen molar-refractivity contribution in [1.82, 2.24) is 4.98 Å². The molecule has 0 aliphatic heterocycles. The molecule has 1 N–H and O–H groups in total. The molecule has 1 aromatic heterocycles. The third kappa shape index (κ3) is 3.31. The summed E-state index contributed by atoms with van der Waals surface area (Å²) in [6.45, 7) is 0. The summed E-state index contributed by atoms with van der Waals surface area (Å²) >= 11 is 0. The molecule has 0 spiro atoms. The van der Waals surface area contributed by atoms with Crippen molar-refractivity contribution < 1.29 is 22.7 Å². The monoisotopic (exact) mass is 296 g/mol. The molecule has 0 aliphatic rings. The van der Waals surface area contributed by atoms with Gasteiger partial charge in [-0.2, -0.15) is 9.37 Å². The van der Waals surface area contributed by atoms with E-state index in [0.717, 1.165) is 7.11 Å². The topological polar surface area (TPSA) is 51.2 Å². The van der Waals surface area contributed by atoms with E-state index < -0.39 is 35.4 Å². The van der Waals surface area contributed by atoms with Crippen LogP contribution in [0.4, 0.5) is 19.0 Å². The van der Waals surface area contributed by atoms with Gasteiger partial charge in [-0.15, -0.1) is 0 Å². The number of ether oxygens (including phenoxy) is 1. The summed E-state index contributed by atoms with van der Waals surface area (Å²) in [6.07, 6.45) is 0. The number of benzene rings is 1. The number of nitrogens with zero attached hydrogens (tertiary/aromatic N) is 1. The van der Waals surface area contributed by atoms with Crippen molar-refractivity contribution in [3.8, 4) is 0 Å². The Morgan fingerprint density at radius 3 is 2.48 bits per heavy atom. The second kappa shape index (κ2) is 6.25. The van der Waals surface area contributed by atoms with E-state index >= 15 is 0 Å². The zero-order chi connectivity index (χ0) is 15.4. The van der Waals surface area contributed by atoms with Crippen LogP contribution in [0.3, 0.4) is 0 Å². The van der Waals surface area contributed by atoms with Crippen LogP contribution in [-0.4, -0.2) is 18.1 Å². The van der Waals surface area contributed by atoms with Crippen molar-refractivity contribution in [2.45, 2.75) is 6.04 Å². The van der Waals surface area contributed by atoms with E-state index in [-0.39, 0.29) is 0 Å². The minimum atomic E-state index is -1.46. The standard InChI is InChI=1S/C14H11F3N2O2/c1-21-14(20)11(8-5-3-2-4-6-8)18-13-10(16)7-9(15)12(17)19-13/h2-7,11H,1H3,(H,18,19). The largest absolute Gasteiger partial charge is 0.467 e. The number of rotatable bonds is 4. The van der Waals surface area contributed by atoms with Gasteiger partial charge in [-0.05, 0) is 5.56 Å². The van der Waals surface area contributed by atoms with Gasteiger partial charge >= 0.3 is 5.97 Å². The maximum Gasteiger partial charge on any atom is 0.333 e. The van der Waals surface area contributed by atoms with E-state index in [2.05, 4.69) is 15.0 Å². The number of hydrogen-bond acceptors (Lipinski definition) is 4. The summed E-state index contributed by atoms with van der Waals surface area (Å²) < 4.78 is 44.1. The fraction of sp³-hybridized carbons (Fsp3) is 0.143. The summed E-state index contributed by atoms with van der Waals surface area (Å²) in [7, 11) is 1.16. The first-order valence-electron chi connectivity index (χ1n) is 5.93. The first-order valence-corrected chi connectivity index (χ1v) is 5.93. The van der Waals surface area contributed by atoms with Gasteiger partial charge in [0.05, 0.1) is 7.11 Å². The zero-order valence-corrected chi connectivity index (χ0v) is 10.9. The highest BCUT2D eigenvalue weighted by Gasteiger charge is 2.24. The van der Waals surface area contributed by atoms with Gasteiger partial charge in [-0.1, -0.05) is 30.3 Å². The molecule has 0 saturated heterocycles. The number of carbonyl (C=O) groups excluding carboxylic acids is 1. The van der Waals surface area contributed by atoms with E-state index in [1.165, 1.54) is 0 Å². The quantitative estimate of drug-likeness (QED) is 0.696. The lowest BCUT2D eigenvalue weighted by Gasteiger charge is -2.17. The van der Waals surface area contributed by atoms with E-state index in [0.29, 0.717) is 11.6 Å². The third-order valence-corrected chi connectivity index (χ3v) is 2.74. The maximum atomic E-state index is 13.6. The Balaban J connectivity index is 2.36. The van der Waals surface area contributed by atoms with Crippen LogP contribution in [0, 0.1) is 17.6 Å². The number of carbonyl (C=O) groups is 1. The molecule has 2 aromatic rings. The summed E-state index contributed by atoms with van der Waals surface area (Å²) in [5, 5.41) is 2.42. The summed E-state index contributed by atoms with van der Waals surface area (Å²) in [4.78, 5) is 14.9. The number of hydrogen-bond donors (Lipinski definition) is 1. The molecule has 0 bridgehead atoms. The highest BCUT2D eigenvalue weighted by Crippen LogP contribution is 2.22. The number of esters is 1. The fourth-order valence-corrected chi connectivity index (χ4v) is 1.72. The molecule has 1 unspecified atom stereocenters. The number of pyridine rings is 1. The molecule has 0 saturated carbocycles. The third-order valence-electron chi connectivity index (χ3n) is 2.74. The Bertz CT molecular complexity index is 650. The normalized spacial score (nSPS) is 11.8. The van der Waals surface area contributed by atoms with Gasteiger partial charge in [0.1, 0.15) is 0 Å². The van der Waals surface area contributed by atoms with Crippen LogP contribution in [0.15, 0.2) is 36.4 Å². The zero-order valence-electron chi connectivity index (χ0n) is 10.9. The molecule has 0 aliphatic carbocycles. The molecule has 2 rings (SSSR count). The molecule has 1 heterocycles. The molecule has 1 atom stereocenters. The Kier molecular flexibility index (Phi) is 4.42. The predicted octanol–water partition coefficient (Wildman–Crippen LogP) is 2.83. The highest BCUT2D eigenvalue weighted by molar-refractivity contribution is 5.80. The van der Waals surface area contributed by atoms with Gasteiger partial charge < -0.3 is 10.1 Å². The number of nitrogens with one attached hydrogen (secondary N) is 1. The molecule has 0 amide bonds. The lowest BCUT2D eigenvalue weighted by molar-refractivity contribution is -0.141. The lowest BCUT2D eigenvalue weighted by Crippen LogP contribution is -2.23. The van der Waals surface area contributed by atoms with Gasteiger partial charge in [0, 0.05) is 6.07 Å². The van der Waals surface area contributed by atoms with Crippen LogP contribution in [0.2, 0.25) is 0 Å². The molecule has 7 heteroatoms. The van der Waals surface area contributed by atoms with Crippen molar-refractivity contribution in [2.24, 2.45) is 0 Å². The molecule has 21 heavy (non-hydrogen) atoms. The van der Waals surface area contributed by atoms with E-state index in [4.69, 9.17) is 0 Å². The van der Waals surface area contributed by atoms with E-state index in [1.54, 1.807) is 30.3 Å². The highest BCUT2D eigenvalue weighted by atomic mass is 19.2. The van der Waals surface area contributed by atoms with Gasteiger partial charge in [-0.3, -0.25) is 0 Å². The summed E-state index contributed by atoms with van der Waals surface area (Å²) in [5.74, 6) is -5.28. The van der Waals surface area contributed by atoms with Crippen LogP contribution in [-0.2, 0) is 9.53 Å². The van der Waals surface area contributed by atoms with Gasteiger partial charge in [0.2, 0.25) is 0 Å². The fourth-order valence-electron chi connectivity index (χ4n) is 1.72. The van der Waals surface area contributed by atoms with Gasteiger partial charge in [-0.25, -0.2) is 13.6 Å². The van der Waals surface area contributed by atoms with E-state index in [1.807, 2.05) is 0 Å². The first kappa shape index (κ1) is 14.8. The maximum absolute atomic E-state index is 13.6. The number of halogens is 3. The molecular weight excluding hydrogens is 285 g/mol. The smallest absolute Gasteiger partial charge is 0.333 e. The predicted molar refractivity (Wildman–Crippen MR) is 68.9 cm³/mol. The van der Waals surface area contributed by atoms with Crippen LogP contribution in [0.1, 0.15) is 11.6 Å². The van der Waals surface area contributed by atoms with Crippen molar-refractivity contribution in [2.75, 3.05) is 12.4 Å². The average Bonchev–Trinajstić information content (AvgIpc) is 2.49. The molecular formula is C14H11F3N2O2. The van der Waals surface area contributed by atoms with Gasteiger partial charge in [0.25, 0.3) is 5.95 Å². The van der Waals surface area contributed by atoms with Crippen molar-refractivity contribution in [3.05, 3.63) is 59.5 Å². The first-order chi connectivity index (χ1) is 10.0. The second-order valence-corrected chi connectivity index (χ2v) is 4.10. The Morgan fingerprint density at radius 1 is 1.19 bits per heavy atom.